The molecule has 4 rings (SSSR count). The number of pyridine rings is 1. The summed E-state index contributed by atoms with van der Waals surface area (Å²) in [6.07, 6.45) is 6.98. The molecule has 3 aromatic rings. The molecule has 2 N–H and O–H groups in total. The van der Waals surface area contributed by atoms with E-state index in [1.54, 1.807) is 0 Å². The number of fused-ring (bicyclic) bond motifs is 4. The number of unbranched alkanes of at least 4 members (excludes halogenated alkanes) is 1. The molecule has 1 aliphatic carbocycles. The highest BCUT2D eigenvalue weighted by Gasteiger charge is 2.21. The third-order valence-corrected chi connectivity index (χ3v) is 5.20. The summed E-state index contributed by atoms with van der Waals surface area (Å²) in [5.41, 5.74) is 13.8. The fourth-order valence-corrected chi connectivity index (χ4v) is 3.96. The molecule has 0 unspecified atom stereocenters. The molecule has 2 aromatic heterocycles. The van der Waals surface area contributed by atoms with Crippen LogP contribution in [0, 0.1) is 6.92 Å². The highest BCUT2D eigenvalue weighted by molar-refractivity contribution is 6.13. The van der Waals surface area contributed by atoms with E-state index in [-0.39, 0.29) is 0 Å². The minimum absolute atomic E-state index is 0.982. The number of aryl methyl sites for hydroxylation is 3. The van der Waals surface area contributed by atoms with Crippen molar-refractivity contribution in [1.82, 2.24) is 9.55 Å². The molecular formula is C20H25N3. The van der Waals surface area contributed by atoms with Gasteiger partial charge in [-0.05, 0) is 56.7 Å². The van der Waals surface area contributed by atoms with Crippen LogP contribution in [0.5, 0.6) is 0 Å². The first-order valence-electron chi connectivity index (χ1n) is 8.90. The van der Waals surface area contributed by atoms with Gasteiger partial charge in [0.15, 0.2) is 0 Å². The molecule has 0 atom stereocenters. The molecule has 0 fully saturated rings. The van der Waals surface area contributed by atoms with Crippen molar-refractivity contribution in [3.8, 4) is 0 Å². The van der Waals surface area contributed by atoms with Crippen molar-refractivity contribution in [3.05, 3.63) is 35.0 Å². The molecule has 23 heavy (non-hydrogen) atoms. The second-order valence-electron chi connectivity index (χ2n) is 6.88. The lowest BCUT2D eigenvalue weighted by Crippen LogP contribution is -2.10. The Bertz CT molecular complexity index is 889. The highest BCUT2D eigenvalue weighted by Crippen LogP contribution is 2.37. The summed E-state index contributed by atoms with van der Waals surface area (Å²) in [7, 11) is 0. The van der Waals surface area contributed by atoms with Crippen molar-refractivity contribution < 1.29 is 0 Å². The number of benzene rings is 1. The van der Waals surface area contributed by atoms with Crippen molar-refractivity contribution in [1.29, 1.82) is 0 Å². The maximum absolute atomic E-state index is 6.64. The second kappa shape index (κ2) is 5.55. The molecule has 0 saturated heterocycles. The normalized spacial score (nSPS) is 14.5. The lowest BCUT2D eigenvalue weighted by molar-refractivity contribution is 0.650. The standard InChI is InChI=1S/C20H25N3/c1-3-4-11-23-17-10-9-13(2)12-15(17)18-19(21)14-7-5-6-8-16(14)22-20(18)23/h9-10,12H,3-8,11H2,1-2H3,(H2,21,22). The predicted octanol–water partition coefficient (Wildman–Crippen LogP) is 4.76. The zero-order valence-electron chi connectivity index (χ0n) is 14.2. The molecule has 0 bridgehead atoms. The van der Waals surface area contributed by atoms with Gasteiger partial charge in [0.05, 0.1) is 10.9 Å². The molecule has 0 aliphatic heterocycles. The van der Waals surface area contributed by atoms with Crippen LogP contribution in [0.4, 0.5) is 5.69 Å². The maximum atomic E-state index is 6.64. The third-order valence-electron chi connectivity index (χ3n) is 5.20. The van der Waals surface area contributed by atoms with Crippen molar-refractivity contribution >= 4 is 27.6 Å². The van der Waals surface area contributed by atoms with Gasteiger partial charge in [0.2, 0.25) is 0 Å². The summed E-state index contributed by atoms with van der Waals surface area (Å²) in [4.78, 5) is 5.08. The van der Waals surface area contributed by atoms with Crippen LogP contribution >= 0.6 is 0 Å². The maximum Gasteiger partial charge on any atom is 0.143 e. The number of rotatable bonds is 3. The number of nitrogens with two attached hydrogens (primary N) is 1. The topological polar surface area (TPSA) is 43.8 Å². The SMILES string of the molecule is CCCCn1c2ccc(C)cc2c2c(N)c3c(nc21)CCCC3. The molecule has 1 aromatic carbocycles. The van der Waals surface area contributed by atoms with Crippen molar-refractivity contribution in [2.45, 2.75) is 58.9 Å². The fraction of sp³-hybridized carbons (Fsp3) is 0.450. The average molecular weight is 307 g/mol. The van der Waals surface area contributed by atoms with Crippen LogP contribution in [0.25, 0.3) is 21.9 Å². The molecule has 1 aliphatic rings. The van der Waals surface area contributed by atoms with E-state index in [1.807, 2.05) is 0 Å². The quantitative estimate of drug-likeness (QED) is 0.758. The van der Waals surface area contributed by atoms with Gasteiger partial charge in [-0.3, -0.25) is 0 Å². The second-order valence-corrected chi connectivity index (χ2v) is 6.88. The molecule has 2 heterocycles. The zero-order chi connectivity index (χ0) is 16.0. The summed E-state index contributed by atoms with van der Waals surface area (Å²) >= 11 is 0. The molecule has 120 valence electrons. The summed E-state index contributed by atoms with van der Waals surface area (Å²) < 4.78 is 2.39. The highest BCUT2D eigenvalue weighted by atomic mass is 15.0. The molecule has 0 amide bonds. The molecule has 3 heteroatoms. The van der Waals surface area contributed by atoms with E-state index in [0.717, 1.165) is 30.7 Å². The van der Waals surface area contributed by atoms with Gasteiger partial charge in [0.1, 0.15) is 5.65 Å². The fourth-order valence-electron chi connectivity index (χ4n) is 3.96. The predicted molar refractivity (Wildman–Crippen MR) is 97.9 cm³/mol. The van der Waals surface area contributed by atoms with Crippen LogP contribution in [0.2, 0.25) is 0 Å². The van der Waals surface area contributed by atoms with E-state index in [0.29, 0.717) is 0 Å². The van der Waals surface area contributed by atoms with Gasteiger partial charge in [-0.2, -0.15) is 0 Å². The van der Waals surface area contributed by atoms with Crippen LogP contribution in [-0.4, -0.2) is 9.55 Å². The van der Waals surface area contributed by atoms with E-state index in [2.05, 4.69) is 36.6 Å². The van der Waals surface area contributed by atoms with Crippen molar-refractivity contribution in [2.75, 3.05) is 5.73 Å². The molecule has 0 saturated carbocycles. The van der Waals surface area contributed by atoms with Crippen LogP contribution in [0.3, 0.4) is 0 Å². The number of nitrogens with zero attached hydrogens (tertiary/aromatic N) is 2. The molecule has 0 spiro atoms. The van der Waals surface area contributed by atoms with E-state index < -0.39 is 0 Å². The first-order valence-corrected chi connectivity index (χ1v) is 8.90. The Hall–Kier alpha value is -2.03. The van der Waals surface area contributed by atoms with E-state index >= 15 is 0 Å². The first-order chi connectivity index (χ1) is 11.2. The number of nitrogen functional groups attached to an aromatic ring is 1. The van der Waals surface area contributed by atoms with Gasteiger partial charge in [0, 0.05) is 23.3 Å². The number of aromatic nitrogens is 2. The molecular weight excluding hydrogens is 282 g/mol. The van der Waals surface area contributed by atoms with Gasteiger partial charge in [0.25, 0.3) is 0 Å². The summed E-state index contributed by atoms with van der Waals surface area (Å²) in [6.45, 7) is 5.41. The average Bonchev–Trinajstić information content (AvgIpc) is 2.86. The largest absolute Gasteiger partial charge is 0.398 e. The van der Waals surface area contributed by atoms with E-state index in [9.17, 15) is 0 Å². The summed E-state index contributed by atoms with van der Waals surface area (Å²) in [5.74, 6) is 0. The Kier molecular flexibility index (Phi) is 3.51. The lowest BCUT2D eigenvalue weighted by atomic mass is 9.93. The minimum Gasteiger partial charge on any atom is -0.398 e. The Morgan fingerprint density at radius 2 is 2.04 bits per heavy atom. The number of hydrogen-bond donors (Lipinski definition) is 1. The zero-order valence-corrected chi connectivity index (χ0v) is 14.2. The van der Waals surface area contributed by atoms with Gasteiger partial charge in [-0.25, -0.2) is 4.98 Å². The van der Waals surface area contributed by atoms with E-state index in [4.69, 9.17) is 10.7 Å². The summed E-state index contributed by atoms with van der Waals surface area (Å²) in [5, 5.41) is 2.45. The lowest BCUT2D eigenvalue weighted by Gasteiger charge is -2.18. The summed E-state index contributed by atoms with van der Waals surface area (Å²) in [6, 6.07) is 6.70. The Morgan fingerprint density at radius 3 is 2.87 bits per heavy atom. The van der Waals surface area contributed by atoms with Crippen LogP contribution in [0.15, 0.2) is 18.2 Å². The Labute approximate surface area is 137 Å². The van der Waals surface area contributed by atoms with Crippen molar-refractivity contribution in [2.24, 2.45) is 0 Å². The van der Waals surface area contributed by atoms with Gasteiger partial charge in [-0.15, -0.1) is 0 Å². The van der Waals surface area contributed by atoms with Crippen LogP contribution in [-0.2, 0) is 19.4 Å². The van der Waals surface area contributed by atoms with Crippen molar-refractivity contribution in [3.63, 3.8) is 0 Å². The third kappa shape index (κ3) is 2.21. The molecule has 3 nitrogen and oxygen atoms in total. The molecule has 0 radical (unpaired) electrons. The van der Waals surface area contributed by atoms with E-state index in [1.165, 1.54) is 58.8 Å². The minimum atomic E-state index is 0.982. The number of anilines is 1. The first kappa shape index (κ1) is 14.6. The van der Waals surface area contributed by atoms with Gasteiger partial charge < -0.3 is 10.3 Å². The van der Waals surface area contributed by atoms with Gasteiger partial charge in [-0.1, -0.05) is 25.0 Å². The smallest absolute Gasteiger partial charge is 0.143 e. The van der Waals surface area contributed by atoms with Crippen LogP contribution < -0.4 is 5.73 Å². The monoisotopic (exact) mass is 307 g/mol. The Morgan fingerprint density at radius 1 is 1.22 bits per heavy atom. The van der Waals surface area contributed by atoms with Gasteiger partial charge >= 0.3 is 0 Å². The Balaban J connectivity index is 2.10. The van der Waals surface area contributed by atoms with Crippen LogP contribution in [0.1, 0.15) is 49.4 Å². The number of hydrogen-bond acceptors (Lipinski definition) is 2.